The van der Waals surface area contributed by atoms with E-state index < -0.39 is 5.97 Å². The maximum absolute atomic E-state index is 12.1. The smallest absolute Gasteiger partial charge is 0.335 e. The predicted molar refractivity (Wildman–Crippen MR) is 77.2 cm³/mol. The molecule has 0 aromatic heterocycles. The van der Waals surface area contributed by atoms with Gasteiger partial charge in [-0.2, -0.15) is 0 Å². The van der Waals surface area contributed by atoms with Crippen molar-refractivity contribution in [1.29, 1.82) is 0 Å². The molecule has 0 aliphatic carbocycles. The summed E-state index contributed by atoms with van der Waals surface area (Å²) in [5.41, 5.74) is 1.91. The first-order valence-electron chi connectivity index (χ1n) is 6.95. The highest BCUT2D eigenvalue weighted by Gasteiger charge is 2.27. The average Bonchev–Trinajstić information content (AvgIpc) is 2.75. The number of carbonyl (C=O) groups excluding carboxylic acids is 1. The van der Waals surface area contributed by atoms with E-state index in [1.165, 1.54) is 0 Å². The summed E-state index contributed by atoms with van der Waals surface area (Å²) in [7, 11) is 0. The van der Waals surface area contributed by atoms with Crippen LogP contribution < -0.4 is 4.90 Å². The Morgan fingerprint density at radius 2 is 2.05 bits per heavy atom. The van der Waals surface area contributed by atoms with Gasteiger partial charge in [-0.05, 0) is 36.9 Å². The topological polar surface area (TPSA) is 60.9 Å². The lowest BCUT2D eigenvalue weighted by atomic mass is 10.1. The second-order valence-electron chi connectivity index (χ2n) is 4.90. The molecule has 0 saturated heterocycles. The molecule has 2 rings (SSSR count). The summed E-state index contributed by atoms with van der Waals surface area (Å²) in [6.45, 7) is 7.61. The number of carboxylic acids is 1. The maximum atomic E-state index is 12.1. The van der Waals surface area contributed by atoms with Crippen molar-refractivity contribution in [3.8, 4) is 0 Å². The molecule has 0 unspecified atom stereocenters. The van der Waals surface area contributed by atoms with Crippen LogP contribution in [0.2, 0.25) is 0 Å². The molecule has 0 saturated carbocycles. The maximum Gasteiger partial charge on any atom is 0.335 e. The minimum absolute atomic E-state index is 0.0506. The fraction of sp³-hybridized carbons (Fsp3) is 0.467. The van der Waals surface area contributed by atoms with Crippen LogP contribution in [-0.2, 0) is 11.2 Å². The van der Waals surface area contributed by atoms with Gasteiger partial charge in [-0.1, -0.05) is 13.8 Å². The molecular weight excluding hydrogens is 256 g/mol. The van der Waals surface area contributed by atoms with Crippen LogP contribution in [0.15, 0.2) is 18.2 Å². The van der Waals surface area contributed by atoms with Crippen LogP contribution in [0.25, 0.3) is 0 Å². The first-order valence-corrected chi connectivity index (χ1v) is 6.95. The molecule has 1 heterocycles. The van der Waals surface area contributed by atoms with E-state index >= 15 is 0 Å². The van der Waals surface area contributed by atoms with Crippen LogP contribution in [0, 0.1) is 0 Å². The van der Waals surface area contributed by atoms with E-state index in [2.05, 4.69) is 18.7 Å². The Labute approximate surface area is 118 Å². The van der Waals surface area contributed by atoms with Gasteiger partial charge in [0, 0.05) is 18.8 Å². The Morgan fingerprint density at radius 3 is 2.65 bits per heavy atom. The van der Waals surface area contributed by atoms with Crippen LogP contribution in [0.4, 0.5) is 5.69 Å². The number of anilines is 1. The van der Waals surface area contributed by atoms with Gasteiger partial charge in [-0.15, -0.1) is 0 Å². The fourth-order valence-electron chi connectivity index (χ4n) is 2.54. The van der Waals surface area contributed by atoms with Gasteiger partial charge in [0.1, 0.15) is 0 Å². The van der Waals surface area contributed by atoms with Crippen LogP contribution in [0.3, 0.4) is 0 Å². The van der Waals surface area contributed by atoms with Crippen molar-refractivity contribution in [3.05, 3.63) is 29.3 Å². The van der Waals surface area contributed by atoms with Crippen LogP contribution in [-0.4, -0.2) is 48.1 Å². The molecule has 1 N–H and O–H groups in total. The van der Waals surface area contributed by atoms with Crippen LogP contribution in [0.5, 0.6) is 0 Å². The van der Waals surface area contributed by atoms with Gasteiger partial charge < -0.3 is 14.9 Å². The number of fused-ring (bicyclic) bond motifs is 1. The van der Waals surface area contributed by atoms with Crippen molar-refractivity contribution in [2.24, 2.45) is 0 Å². The number of benzene rings is 1. The minimum atomic E-state index is -0.957. The highest BCUT2D eigenvalue weighted by Crippen LogP contribution is 2.29. The number of aromatic carboxylic acids is 1. The first kappa shape index (κ1) is 14.5. The second kappa shape index (κ2) is 6.05. The molecule has 0 fully saturated rings. The standard InChI is InChI=1S/C15H20N2O3/c1-3-16(4-2)7-8-17-13-6-5-11(15(19)20)9-12(13)10-14(17)18/h5-6,9H,3-4,7-8,10H2,1-2H3,(H,19,20). The van der Waals surface area contributed by atoms with E-state index in [1.807, 2.05) is 0 Å². The van der Waals surface area contributed by atoms with Gasteiger partial charge in [0.05, 0.1) is 12.0 Å². The third-order valence-corrected chi connectivity index (χ3v) is 3.79. The molecule has 0 spiro atoms. The molecule has 1 aliphatic rings. The van der Waals surface area contributed by atoms with E-state index in [4.69, 9.17) is 5.11 Å². The third kappa shape index (κ3) is 2.82. The summed E-state index contributed by atoms with van der Waals surface area (Å²) < 4.78 is 0. The number of rotatable bonds is 6. The van der Waals surface area contributed by atoms with E-state index in [1.54, 1.807) is 23.1 Å². The Hall–Kier alpha value is -1.88. The lowest BCUT2D eigenvalue weighted by Gasteiger charge is -2.23. The summed E-state index contributed by atoms with van der Waals surface area (Å²) in [5.74, 6) is -0.906. The SMILES string of the molecule is CCN(CC)CCN1C(=O)Cc2cc(C(=O)O)ccc21. The van der Waals surface area contributed by atoms with E-state index in [0.717, 1.165) is 30.9 Å². The van der Waals surface area contributed by atoms with Crippen molar-refractivity contribution < 1.29 is 14.7 Å². The van der Waals surface area contributed by atoms with Gasteiger partial charge in [-0.3, -0.25) is 4.79 Å². The Morgan fingerprint density at radius 1 is 1.35 bits per heavy atom. The molecule has 1 aromatic carbocycles. The van der Waals surface area contributed by atoms with Gasteiger partial charge in [0.2, 0.25) is 5.91 Å². The normalized spacial score (nSPS) is 13.9. The zero-order chi connectivity index (χ0) is 14.7. The molecule has 1 aromatic rings. The number of carboxylic acid groups (broad SMARTS) is 1. The van der Waals surface area contributed by atoms with E-state index in [0.29, 0.717) is 13.0 Å². The van der Waals surface area contributed by atoms with Crippen LogP contribution >= 0.6 is 0 Å². The van der Waals surface area contributed by atoms with Crippen molar-refractivity contribution in [2.75, 3.05) is 31.1 Å². The molecule has 0 bridgehead atoms. The summed E-state index contributed by atoms with van der Waals surface area (Å²) in [6.07, 6.45) is 0.300. The molecular formula is C15H20N2O3. The fourth-order valence-corrected chi connectivity index (χ4v) is 2.54. The molecule has 5 heteroatoms. The first-order chi connectivity index (χ1) is 9.56. The Bertz CT molecular complexity index is 524. The largest absolute Gasteiger partial charge is 0.478 e. The zero-order valence-electron chi connectivity index (χ0n) is 11.9. The number of likely N-dealkylation sites (N-methyl/N-ethyl adjacent to an activating group) is 1. The van der Waals surface area contributed by atoms with Gasteiger partial charge in [0.15, 0.2) is 0 Å². The summed E-state index contributed by atoms with van der Waals surface area (Å²) >= 11 is 0. The molecule has 108 valence electrons. The lowest BCUT2D eigenvalue weighted by molar-refractivity contribution is -0.117. The molecule has 1 aliphatic heterocycles. The highest BCUT2D eigenvalue weighted by molar-refractivity contribution is 6.02. The molecule has 0 atom stereocenters. The average molecular weight is 276 g/mol. The Kier molecular flexibility index (Phi) is 4.39. The minimum Gasteiger partial charge on any atom is -0.478 e. The number of hydrogen-bond acceptors (Lipinski definition) is 3. The highest BCUT2D eigenvalue weighted by atomic mass is 16.4. The van der Waals surface area contributed by atoms with Gasteiger partial charge >= 0.3 is 5.97 Å². The molecule has 5 nitrogen and oxygen atoms in total. The van der Waals surface area contributed by atoms with Crippen molar-refractivity contribution in [3.63, 3.8) is 0 Å². The van der Waals surface area contributed by atoms with Gasteiger partial charge in [-0.25, -0.2) is 4.79 Å². The van der Waals surface area contributed by atoms with Gasteiger partial charge in [0.25, 0.3) is 0 Å². The number of hydrogen-bond donors (Lipinski definition) is 1. The van der Waals surface area contributed by atoms with E-state index in [-0.39, 0.29) is 11.5 Å². The molecule has 0 radical (unpaired) electrons. The number of nitrogens with zero attached hydrogens (tertiary/aromatic N) is 2. The molecule has 20 heavy (non-hydrogen) atoms. The van der Waals surface area contributed by atoms with E-state index in [9.17, 15) is 9.59 Å². The number of amides is 1. The summed E-state index contributed by atoms with van der Waals surface area (Å²) in [5, 5.41) is 8.98. The van der Waals surface area contributed by atoms with Crippen LogP contribution in [0.1, 0.15) is 29.8 Å². The monoisotopic (exact) mass is 276 g/mol. The number of carbonyl (C=O) groups is 2. The quantitative estimate of drug-likeness (QED) is 0.857. The lowest BCUT2D eigenvalue weighted by Crippen LogP contribution is -2.36. The van der Waals surface area contributed by atoms with Crippen molar-refractivity contribution >= 4 is 17.6 Å². The Balaban J connectivity index is 2.14. The van der Waals surface area contributed by atoms with Crippen molar-refractivity contribution in [1.82, 2.24) is 4.90 Å². The zero-order valence-corrected chi connectivity index (χ0v) is 11.9. The van der Waals surface area contributed by atoms with Crippen molar-refractivity contribution in [2.45, 2.75) is 20.3 Å². The third-order valence-electron chi connectivity index (χ3n) is 3.79. The summed E-state index contributed by atoms with van der Waals surface area (Å²) in [4.78, 5) is 27.0. The molecule has 1 amide bonds. The summed E-state index contributed by atoms with van der Waals surface area (Å²) in [6, 6.07) is 4.91. The predicted octanol–water partition coefficient (Wildman–Crippen LogP) is 1.62. The second-order valence-corrected chi connectivity index (χ2v) is 4.90.